The van der Waals surface area contributed by atoms with E-state index in [4.69, 9.17) is 0 Å². The van der Waals surface area contributed by atoms with Crippen molar-refractivity contribution in [3.63, 3.8) is 0 Å². The van der Waals surface area contributed by atoms with Gasteiger partial charge < -0.3 is 10.2 Å². The maximum atomic E-state index is 4.48. The summed E-state index contributed by atoms with van der Waals surface area (Å²) in [5.74, 6) is 0.895. The van der Waals surface area contributed by atoms with E-state index in [1.165, 1.54) is 16.1 Å². The number of para-hydroxylation sites is 1. The van der Waals surface area contributed by atoms with Gasteiger partial charge in [-0.15, -0.1) is 11.3 Å². The smallest absolute Gasteiger partial charge is 0.138 e. The van der Waals surface area contributed by atoms with E-state index in [0.29, 0.717) is 6.04 Å². The highest BCUT2D eigenvalue weighted by atomic mass is 32.1. The van der Waals surface area contributed by atoms with Gasteiger partial charge in [-0.2, -0.15) is 0 Å². The number of hydrogen-bond donors (Lipinski definition) is 1. The van der Waals surface area contributed by atoms with E-state index in [0.717, 1.165) is 22.6 Å². The fraction of sp³-hybridized carbons (Fsp3) is 0.182. The standard InChI is InChI=1S/C22H22N4S/c1-16(26(2)18-11-7-4-8-12-18)14-23-21-19-13-20(17-9-5-3-6-10-17)27-22(19)25-15-24-21/h3-13,15-16H,14H2,1-2H3,(H,23,24,25). The number of thiophene rings is 1. The molecule has 0 fully saturated rings. The van der Waals surface area contributed by atoms with E-state index in [1.54, 1.807) is 17.7 Å². The summed E-state index contributed by atoms with van der Waals surface area (Å²) in [6, 6.07) is 23.4. The largest absolute Gasteiger partial charge is 0.370 e. The lowest BCUT2D eigenvalue weighted by Gasteiger charge is -2.27. The lowest BCUT2D eigenvalue weighted by Crippen LogP contribution is -2.34. The second-order valence-corrected chi connectivity index (χ2v) is 7.62. The first-order chi connectivity index (χ1) is 13.2. The first-order valence-corrected chi connectivity index (χ1v) is 9.86. The Morgan fingerprint density at radius 1 is 1.00 bits per heavy atom. The third-order valence-corrected chi connectivity index (χ3v) is 5.87. The van der Waals surface area contributed by atoms with Crippen LogP contribution in [0.2, 0.25) is 0 Å². The van der Waals surface area contributed by atoms with Gasteiger partial charge in [0.25, 0.3) is 0 Å². The molecule has 4 rings (SSSR count). The van der Waals surface area contributed by atoms with Crippen LogP contribution in [-0.4, -0.2) is 29.6 Å². The maximum absolute atomic E-state index is 4.48. The molecule has 0 bridgehead atoms. The molecule has 0 saturated carbocycles. The van der Waals surface area contributed by atoms with Crippen molar-refractivity contribution in [3.05, 3.63) is 73.1 Å². The maximum Gasteiger partial charge on any atom is 0.138 e. The van der Waals surface area contributed by atoms with E-state index in [-0.39, 0.29) is 0 Å². The Kier molecular flexibility index (Phi) is 5.03. The Morgan fingerprint density at radius 2 is 1.70 bits per heavy atom. The molecule has 4 aromatic rings. The van der Waals surface area contributed by atoms with Gasteiger partial charge in [0, 0.05) is 30.2 Å². The zero-order valence-corrected chi connectivity index (χ0v) is 16.3. The molecule has 27 heavy (non-hydrogen) atoms. The normalized spacial score (nSPS) is 12.1. The number of hydrogen-bond acceptors (Lipinski definition) is 5. The first-order valence-electron chi connectivity index (χ1n) is 9.04. The van der Waals surface area contributed by atoms with Crippen molar-refractivity contribution in [2.45, 2.75) is 13.0 Å². The van der Waals surface area contributed by atoms with E-state index >= 15 is 0 Å². The predicted octanol–water partition coefficient (Wildman–Crippen LogP) is 5.30. The van der Waals surface area contributed by atoms with Gasteiger partial charge in [0.1, 0.15) is 17.0 Å². The molecule has 0 spiro atoms. The quantitative estimate of drug-likeness (QED) is 0.497. The Morgan fingerprint density at radius 3 is 2.44 bits per heavy atom. The molecule has 1 unspecified atom stereocenters. The van der Waals surface area contributed by atoms with Crippen LogP contribution < -0.4 is 10.2 Å². The zero-order valence-electron chi connectivity index (χ0n) is 15.5. The molecule has 5 heteroatoms. The Hall–Kier alpha value is -2.92. The summed E-state index contributed by atoms with van der Waals surface area (Å²) in [5.41, 5.74) is 2.42. The zero-order chi connectivity index (χ0) is 18.6. The SMILES string of the molecule is CC(CNc1ncnc2sc(-c3ccccc3)cc12)N(C)c1ccccc1. The van der Waals surface area contributed by atoms with E-state index < -0.39 is 0 Å². The molecule has 0 radical (unpaired) electrons. The molecular formula is C22H22N4S. The minimum absolute atomic E-state index is 0.324. The fourth-order valence-corrected chi connectivity index (χ4v) is 4.04. The van der Waals surface area contributed by atoms with Gasteiger partial charge in [0.05, 0.1) is 5.39 Å². The number of nitrogens with one attached hydrogen (secondary N) is 1. The molecule has 0 saturated heterocycles. The summed E-state index contributed by atoms with van der Waals surface area (Å²) >= 11 is 1.70. The molecular weight excluding hydrogens is 352 g/mol. The number of aromatic nitrogens is 2. The average Bonchev–Trinajstić information content (AvgIpc) is 3.18. The Balaban J connectivity index is 1.53. The number of fused-ring (bicyclic) bond motifs is 1. The van der Waals surface area contributed by atoms with Gasteiger partial charge in [0.15, 0.2) is 0 Å². The highest BCUT2D eigenvalue weighted by Crippen LogP contribution is 2.34. The minimum atomic E-state index is 0.324. The number of likely N-dealkylation sites (N-methyl/N-ethyl adjacent to an activating group) is 1. The van der Waals surface area contributed by atoms with Crippen molar-refractivity contribution < 1.29 is 0 Å². The fourth-order valence-electron chi connectivity index (χ4n) is 3.04. The van der Waals surface area contributed by atoms with Crippen molar-refractivity contribution in [2.24, 2.45) is 0 Å². The van der Waals surface area contributed by atoms with Gasteiger partial charge in [0.2, 0.25) is 0 Å². The van der Waals surface area contributed by atoms with Crippen LogP contribution in [-0.2, 0) is 0 Å². The van der Waals surface area contributed by atoms with Crippen molar-refractivity contribution in [1.29, 1.82) is 0 Å². The highest BCUT2D eigenvalue weighted by molar-refractivity contribution is 7.21. The summed E-state index contributed by atoms with van der Waals surface area (Å²) < 4.78 is 0. The van der Waals surface area contributed by atoms with Gasteiger partial charge in [-0.3, -0.25) is 0 Å². The Bertz CT molecular complexity index is 1010. The van der Waals surface area contributed by atoms with E-state index in [2.05, 4.69) is 88.8 Å². The van der Waals surface area contributed by atoms with E-state index in [1.807, 2.05) is 12.1 Å². The summed E-state index contributed by atoms with van der Waals surface area (Å²) in [5, 5.41) is 4.60. The van der Waals surface area contributed by atoms with Gasteiger partial charge in [-0.1, -0.05) is 48.5 Å². The van der Waals surface area contributed by atoms with E-state index in [9.17, 15) is 0 Å². The lowest BCUT2D eigenvalue weighted by atomic mass is 10.2. The molecule has 1 N–H and O–H groups in total. The molecule has 1 atom stereocenters. The number of rotatable bonds is 6. The highest BCUT2D eigenvalue weighted by Gasteiger charge is 2.13. The predicted molar refractivity (Wildman–Crippen MR) is 116 cm³/mol. The second kappa shape index (κ2) is 7.76. The van der Waals surface area contributed by atoms with Crippen LogP contribution in [0.3, 0.4) is 0 Å². The second-order valence-electron chi connectivity index (χ2n) is 6.59. The van der Waals surface area contributed by atoms with Crippen molar-refractivity contribution in [2.75, 3.05) is 23.8 Å². The molecule has 0 amide bonds. The summed E-state index contributed by atoms with van der Waals surface area (Å²) in [6.07, 6.45) is 1.64. The molecule has 0 aliphatic carbocycles. The average molecular weight is 375 g/mol. The van der Waals surface area contributed by atoms with Crippen molar-refractivity contribution in [3.8, 4) is 10.4 Å². The first kappa shape index (κ1) is 17.5. The molecule has 0 aliphatic heterocycles. The van der Waals surface area contributed by atoms with Gasteiger partial charge in [-0.05, 0) is 30.7 Å². The topological polar surface area (TPSA) is 41.1 Å². The summed E-state index contributed by atoms with van der Waals surface area (Å²) in [4.78, 5) is 13.4. The molecule has 2 heterocycles. The Labute approximate surface area is 163 Å². The minimum Gasteiger partial charge on any atom is -0.370 e. The van der Waals surface area contributed by atoms with Crippen LogP contribution in [0, 0.1) is 0 Å². The van der Waals surface area contributed by atoms with Crippen LogP contribution in [0.25, 0.3) is 20.7 Å². The third-order valence-electron chi connectivity index (χ3n) is 4.78. The molecule has 4 nitrogen and oxygen atoms in total. The van der Waals surface area contributed by atoms with Crippen LogP contribution in [0.5, 0.6) is 0 Å². The summed E-state index contributed by atoms with van der Waals surface area (Å²) in [6.45, 7) is 3.01. The lowest BCUT2D eigenvalue weighted by molar-refractivity contribution is 0.715. The van der Waals surface area contributed by atoms with Gasteiger partial charge in [-0.25, -0.2) is 9.97 Å². The molecule has 136 valence electrons. The van der Waals surface area contributed by atoms with Crippen LogP contribution in [0.4, 0.5) is 11.5 Å². The van der Waals surface area contributed by atoms with Gasteiger partial charge >= 0.3 is 0 Å². The number of nitrogens with zero attached hydrogens (tertiary/aromatic N) is 3. The molecule has 2 aromatic heterocycles. The number of benzene rings is 2. The van der Waals surface area contributed by atoms with Crippen molar-refractivity contribution in [1.82, 2.24) is 9.97 Å². The number of anilines is 2. The molecule has 0 aliphatic rings. The summed E-state index contributed by atoms with van der Waals surface area (Å²) in [7, 11) is 2.12. The monoisotopic (exact) mass is 374 g/mol. The third kappa shape index (κ3) is 3.78. The molecule has 2 aromatic carbocycles. The van der Waals surface area contributed by atoms with Crippen LogP contribution in [0.1, 0.15) is 6.92 Å². The van der Waals surface area contributed by atoms with Crippen LogP contribution in [0.15, 0.2) is 73.1 Å². The van der Waals surface area contributed by atoms with Crippen LogP contribution >= 0.6 is 11.3 Å². The van der Waals surface area contributed by atoms with Crippen molar-refractivity contribution >= 4 is 33.1 Å².